The topological polar surface area (TPSA) is 52.9 Å². The van der Waals surface area contributed by atoms with Gasteiger partial charge >= 0.3 is 6.03 Å². The van der Waals surface area contributed by atoms with Crippen molar-refractivity contribution in [2.45, 2.75) is 18.8 Å². The molecule has 6 nitrogen and oxygen atoms in total. The molecule has 5 rings (SSSR count). The van der Waals surface area contributed by atoms with Crippen LogP contribution < -0.4 is 10.2 Å². The van der Waals surface area contributed by atoms with Gasteiger partial charge in [-0.3, -0.25) is 0 Å². The third-order valence-electron chi connectivity index (χ3n) is 6.33. The van der Waals surface area contributed by atoms with Gasteiger partial charge in [-0.25, -0.2) is 9.78 Å². The zero-order valence-corrected chi connectivity index (χ0v) is 19.1. The summed E-state index contributed by atoms with van der Waals surface area (Å²) in [6, 6.07) is 24.4. The molecule has 1 saturated heterocycles. The SMILES string of the molecule is CN(C)c1ccc(NC(=O)N2CCC[C@H](c3nc(-c4ccccc4)c4ccccn34)C2)cc1. The van der Waals surface area contributed by atoms with E-state index in [2.05, 4.69) is 40.2 Å². The lowest BCUT2D eigenvalue weighted by Crippen LogP contribution is -2.42. The molecule has 1 aliphatic rings. The Morgan fingerprint density at radius 2 is 1.76 bits per heavy atom. The third-order valence-corrected chi connectivity index (χ3v) is 6.33. The van der Waals surface area contributed by atoms with Crippen molar-refractivity contribution in [2.75, 3.05) is 37.4 Å². The van der Waals surface area contributed by atoms with Crippen molar-refractivity contribution >= 4 is 22.9 Å². The summed E-state index contributed by atoms with van der Waals surface area (Å²) >= 11 is 0. The van der Waals surface area contributed by atoms with Crippen LogP contribution in [0, 0.1) is 0 Å². The number of carbonyl (C=O) groups is 1. The first kappa shape index (κ1) is 21.1. The molecule has 1 N–H and O–H groups in total. The van der Waals surface area contributed by atoms with Gasteiger partial charge in [0.1, 0.15) is 5.82 Å². The quantitative estimate of drug-likeness (QED) is 0.458. The van der Waals surface area contributed by atoms with Gasteiger partial charge in [0.2, 0.25) is 0 Å². The van der Waals surface area contributed by atoms with Gasteiger partial charge in [0, 0.05) is 56.2 Å². The molecule has 168 valence electrons. The number of fused-ring (bicyclic) bond motifs is 1. The maximum absolute atomic E-state index is 13.0. The lowest BCUT2D eigenvalue weighted by molar-refractivity contribution is 0.191. The Kier molecular flexibility index (Phi) is 5.73. The van der Waals surface area contributed by atoms with Crippen LogP contribution in [0.15, 0.2) is 79.0 Å². The van der Waals surface area contributed by atoms with Gasteiger partial charge in [0.15, 0.2) is 0 Å². The molecule has 0 saturated carbocycles. The standard InChI is InChI=1S/C27H29N5O/c1-30(2)23-15-13-22(14-16-23)28-27(33)31-17-8-11-21(19-31)26-29-25(20-9-4-3-5-10-20)24-12-6-7-18-32(24)26/h3-7,9-10,12-16,18,21H,8,11,17,19H2,1-2H3,(H,28,33)/t21-/m0/s1. The highest BCUT2D eigenvalue weighted by Crippen LogP contribution is 2.32. The number of hydrogen-bond acceptors (Lipinski definition) is 3. The Morgan fingerprint density at radius 3 is 2.52 bits per heavy atom. The van der Waals surface area contributed by atoms with Crippen molar-refractivity contribution in [1.82, 2.24) is 14.3 Å². The molecule has 3 heterocycles. The largest absolute Gasteiger partial charge is 0.378 e. The fraction of sp³-hybridized carbons (Fsp3) is 0.259. The number of benzene rings is 2. The number of rotatable bonds is 4. The number of urea groups is 1. The first-order valence-electron chi connectivity index (χ1n) is 11.5. The Morgan fingerprint density at radius 1 is 1.00 bits per heavy atom. The van der Waals surface area contributed by atoms with E-state index >= 15 is 0 Å². The van der Waals surface area contributed by atoms with Gasteiger partial charge in [0.25, 0.3) is 0 Å². The van der Waals surface area contributed by atoms with Crippen molar-refractivity contribution in [2.24, 2.45) is 0 Å². The fourth-order valence-electron chi connectivity index (χ4n) is 4.58. The van der Waals surface area contributed by atoms with Crippen molar-refractivity contribution in [3.05, 3.63) is 84.8 Å². The molecule has 1 aliphatic heterocycles. The van der Waals surface area contributed by atoms with E-state index < -0.39 is 0 Å². The second kappa shape index (κ2) is 8.98. The molecule has 2 aromatic heterocycles. The number of imidazole rings is 1. The lowest BCUT2D eigenvalue weighted by Gasteiger charge is -2.32. The zero-order valence-electron chi connectivity index (χ0n) is 19.1. The predicted octanol–water partition coefficient (Wildman–Crippen LogP) is 5.48. The number of anilines is 2. The minimum Gasteiger partial charge on any atom is -0.378 e. The Bertz CT molecular complexity index is 1250. The van der Waals surface area contributed by atoms with Gasteiger partial charge in [-0.15, -0.1) is 0 Å². The van der Waals surface area contributed by atoms with Crippen LogP contribution in [-0.4, -0.2) is 47.5 Å². The summed E-state index contributed by atoms with van der Waals surface area (Å²) in [6.07, 6.45) is 4.05. The summed E-state index contributed by atoms with van der Waals surface area (Å²) in [5.74, 6) is 1.21. The molecule has 0 unspecified atom stereocenters. The molecule has 1 fully saturated rings. The molecule has 0 radical (unpaired) electrons. The van der Waals surface area contributed by atoms with E-state index in [4.69, 9.17) is 4.98 Å². The fourth-order valence-corrected chi connectivity index (χ4v) is 4.58. The molecule has 2 aromatic carbocycles. The molecular weight excluding hydrogens is 410 g/mol. The number of piperidine rings is 1. The van der Waals surface area contributed by atoms with E-state index in [1.807, 2.05) is 72.4 Å². The van der Waals surface area contributed by atoms with Crippen LogP contribution >= 0.6 is 0 Å². The van der Waals surface area contributed by atoms with Gasteiger partial charge in [-0.05, 0) is 49.2 Å². The molecule has 2 amide bonds. The summed E-state index contributed by atoms with van der Waals surface area (Å²) in [4.78, 5) is 22.1. The number of hydrogen-bond donors (Lipinski definition) is 1. The number of likely N-dealkylation sites (tertiary alicyclic amines) is 1. The zero-order chi connectivity index (χ0) is 22.8. The van der Waals surface area contributed by atoms with Crippen LogP contribution in [0.4, 0.5) is 16.2 Å². The number of nitrogens with zero attached hydrogens (tertiary/aromatic N) is 4. The van der Waals surface area contributed by atoms with Crippen LogP contribution in [0.3, 0.4) is 0 Å². The average molecular weight is 440 g/mol. The molecule has 0 spiro atoms. The van der Waals surface area contributed by atoms with E-state index in [-0.39, 0.29) is 11.9 Å². The number of amides is 2. The minimum absolute atomic E-state index is 0.0542. The summed E-state index contributed by atoms with van der Waals surface area (Å²) in [5.41, 5.74) is 5.12. The molecule has 0 aliphatic carbocycles. The van der Waals surface area contributed by atoms with Gasteiger partial charge in [0.05, 0.1) is 11.2 Å². The van der Waals surface area contributed by atoms with E-state index in [0.29, 0.717) is 6.54 Å². The number of pyridine rings is 1. The molecule has 4 aromatic rings. The summed E-state index contributed by atoms with van der Waals surface area (Å²) in [7, 11) is 4.01. The van der Waals surface area contributed by atoms with E-state index in [0.717, 1.165) is 53.4 Å². The number of aromatic nitrogens is 2. The summed E-state index contributed by atoms with van der Waals surface area (Å²) in [6.45, 7) is 1.41. The highest BCUT2D eigenvalue weighted by atomic mass is 16.2. The van der Waals surface area contributed by atoms with Gasteiger partial charge in [-0.1, -0.05) is 36.4 Å². The highest BCUT2D eigenvalue weighted by molar-refractivity contribution is 5.89. The van der Waals surface area contributed by atoms with E-state index in [9.17, 15) is 4.79 Å². The average Bonchev–Trinajstić information content (AvgIpc) is 3.25. The van der Waals surface area contributed by atoms with Gasteiger partial charge < -0.3 is 19.5 Å². The number of nitrogens with one attached hydrogen (secondary N) is 1. The second-order valence-corrected chi connectivity index (χ2v) is 8.80. The van der Waals surface area contributed by atoms with Crippen molar-refractivity contribution in [3.8, 4) is 11.3 Å². The first-order valence-corrected chi connectivity index (χ1v) is 11.5. The van der Waals surface area contributed by atoms with Crippen molar-refractivity contribution < 1.29 is 4.79 Å². The third kappa shape index (κ3) is 4.29. The highest BCUT2D eigenvalue weighted by Gasteiger charge is 2.28. The normalized spacial score (nSPS) is 16.1. The van der Waals surface area contributed by atoms with Crippen LogP contribution in [0.25, 0.3) is 16.8 Å². The van der Waals surface area contributed by atoms with Crippen molar-refractivity contribution in [3.63, 3.8) is 0 Å². The van der Waals surface area contributed by atoms with E-state index in [1.54, 1.807) is 0 Å². The lowest BCUT2D eigenvalue weighted by atomic mass is 9.97. The smallest absolute Gasteiger partial charge is 0.321 e. The van der Waals surface area contributed by atoms with Crippen LogP contribution in [0.1, 0.15) is 24.6 Å². The molecule has 0 bridgehead atoms. The predicted molar refractivity (Wildman–Crippen MR) is 134 cm³/mol. The minimum atomic E-state index is -0.0542. The monoisotopic (exact) mass is 439 g/mol. The van der Waals surface area contributed by atoms with Gasteiger partial charge in [-0.2, -0.15) is 0 Å². The Balaban J connectivity index is 1.37. The molecule has 33 heavy (non-hydrogen) atoms. The van der Waals surface area contributed by atoms with E-state index in [1.165, 1.54) is 0 Å². The van der Waals surface area contributed by atoms with Crippen LogP contribution in [0.5, 0.6) is 0 Å². The van der Waals surface area contributed by atoms with Crippen molar-refractivity contribution in [1.29, 1.82) is 0 Å². The van der Waals surface area contributed by atoms with Crippen LogP contribution in [0.2, 0.25) is 0 Å². The maximum Gasteiger partial charge on any atom is 0.321 e. The maximum atomic E-state index is 13.0. The second-order valence-electron chi connectivity index (χ2n) is 8.80. The molecular formula is C27H29N5O. The summed E-state index contributed by atoms with van der Waals surface area (Å²) in [5, 5.41) is 3.06. The molecule has 1 atom stereocenters. The number of carbonyl (C=O) groups excluding carboxylic acids is 1. The van der Waals surface area contributed by atoms with Crippen LogP contribution in [-0.2, 0) is 0 Å². The summed E-state index contributed by atoms with van der Waals surface area (Å²) < 4.78 is 2.19. The molecule has 6 heteroatoms. The Labute approximate surface area is 194 Å². The first-order chi connectivity index (χ1) is 16.1. The Hall–Kier alpha value is -3.80.